The van der Waals surface area contributed by atoms with E-state index in [-0.39, 0.29) is 0 Å². The van der Waals surface area contributed by atoms with E-state index in [9.17, 15) is 0 Å². The van der Waals surface area contributed by atoms with Gasteiger partial charge in [-0.25, -0.2) is 0 Å². The molecule has 0 radical (unpaired) electrons. The fourth-order valence-electron chi connectivity index (χ4n) is 4.42. The summed E-state index contributed by atoms with van der Waals surface area (Å²) in [7, 11) is 0. The Morgan fingerprint density at radius 1 is 0.963 bits per heavy atom. The lowest BCUT2D eigenvalue weighted by Gasteiger charge is -2.46. The summed E-state index contributed by atoms with van der Waals surface area (Å²) in [6.07, 6.45) is 2.44. The predicted molar refractivity (Wildman–Crippen MR) is 106 cm³/mol. The molecule has 5 rings (SSSR count). The van der Waals surface area contributed by atoms with Crippen LogP contribution in [-0.4, -0.2) is 48.9 Å². The first-order valence-corrected chi connectivity index (χ1v) is 9.88. The van der Waals surface area contributed by atoms with Gasteiger partial charge in [-0.05, 0) is 37.1 Å². The normalized spacial score (nSPS) is 23.3. The number of aromatic nitrogens is 1. The zero-order valence-corrected chi connectivity index (χ0v) is 15.5. The van der Waals surface area contributed by atoms with Crippen LogP contribution in [0.2, 0.25) is 0 Å². The fraction of sp³-hybridized carbons (Fsp3) is 0.409. The summed E-state index contributed by atoms with van der Waals surface area (Å²) in [5, 5.41) is 5.47. The van der Waals surface area contributed by atoms with E-state index in [0.717, 1.165) is 55.3 Å². The molecule has 0 bridgehead atoms. The molecule has 0 aliphatic carbocycles. The van der Waals surface area contributed by atoms with Crippen LogP contribution in [0, 0.1) is 5.92 Å². The Labute approximate surface area is 159 Å². The molecule has 2 unspecified atom stereocenters. The Hall–Kier alpha value is -2.53. The lowest BCUT2D eigenvalue weighted by molar-refractivity contribution is 0.0727. The molecule has 0 spiro atoms. The molecule has 3 aromatic rings. The Kier molecular flexibility index (Phi) is 4.46. The maximum atomic E-state index is 5.99. The first-order chi connectivity index (χ1) is 13.4. The molecule has 2 aliphatic heterocycles. The summed E-state index contributed by atoms with van der Waals surface area (Å²) < 4.78 is 11.5. The highest BCUT2D eigenvalue weighted by Gasteiger charge is 2.34. The average molecular weight is 363 g/mol. The minimum Gasteiger partial charge on any atom is -0.493 e. The number of para-hydroxylation sites is 2. The number of hydrogen-bond donors (Lipinski definition) is 0. The van der Waals surface area contributed by atoms with E-state index in [1.165, 1.54) is 12.8 Å². The van der Waals surface area contributed by atoms with Crippen molar-refractivity contribution in [3.8, 4) is 5.75 Å². The number of rotatable bonds is 4. The fourth-order valence-corrected chi connectivity index (χ4v) is 4.42. The number of benzene rings is 2. The molecule has 27 heavy (non-hydrogen) atoms. The van der Waals surface area contributed by atoms with Crippen molar-refractivity contribution in [1.82, 2.24) is 10.1 Å². The zero-order chi connectivity index (χ0) is 18.1. The van der Waals surface area contributed by atoms with Gasteiger partial charge in [0.15, 0.2) is 11.4 Å². The number of piperidine rings is 1. The van der Waals surface area contributed by atoms with E-state index in [1.807, 2.05) is 42.5 Å². The van der Waals surface area contributed by atoms with Gasteiger partial charge < -0.3 is 14.2 Å². The monoisotopic (exact) mass is 363 g/mol. The standard InChI is InChI=1S/C22H25N3O2/c1-2-6-19(7-3-1)26-16-17-10-11-18-15-25(13-12-24(18)14-17)22-20-8-4-5-9-21(20)27-23-22/h1-9,17-18H,10-16H2. The van der Waals surface area contributed by atoms with Crippen molar-refractivity contribution in [2.45, 2.75) is 18.9 Å². The first kappa shape index (κ1) is 16.6. The molecule has 2 fully saturated rings. The molecule has 0 saturated carbocycles. The van der Waals surface area contributed by atoms with Crippen LogP contribution in [0.25, 0.3) is 11.0 Å². The molecule has 2 saturated heterocycles. The van der Waals surface area contributed by atoms with Crippen molar-refractivity contribution in [3.05, 3.63) is 54.6 Å². The van der Waals surface area contributed by atoms with Crippen LogP contribution in [0.4, 0.5) is 5.82 Å². The number of piperazine rings is 1. The Morgan fingerprint density at radius 2 is 1.81 bits per heavy atom. The highest BCUT2D eigenvalue weighted by atomic mass is 16.5. The first-order valence-electron chi connectivity index (χ1n) is 9.88. The van der Waals surface area contributed by atoms with Gasteiger partial charge in [-0.15, -0.1) is 0 Å². The van der Waals surface area contributed by atoms with Gasteiger partial charge in [-0.3, -0.25) is 4.90 Å². The van der Waals surface area contributed by atoms with Gasteiger partial charge in [0.1, 0.15) is 5.75 Å². The molecule has 2 atom stereocenters. The smallest absolute Gasteiger partial charge is 0.180 e. The van der Waals surface area contributed by atoms with Gasteiger partial charge in [-0.2, -0.15) is 0 Å². The lowest BCUT2D eigenvalue weighted by atomic mass is 9.91. The van der Waals surface area contributed by atoms with Crippen LogP contribution in [0.3, 0.4) is 0 Å². The molecule has 5 heteroatoms. The Bertz CT molecular complexity index is 895. The molecule has 140 valence electrons. The van der Waals surface area contributed by atoms with Crippen molar-refractivity contribution in [2.75, 3.05) is 37.7 Å². The molecule has 2 aromatic carbocycles. The van der Waals surface area contributed by atoms with Gasteiger partial charge >= 0.3 is 0 Å². The SMILES string of the molecule is c1ccc(OCC2CCC3CN(c4noc5ccccc45)CCN3C2)cc1. The van der Waals surface area contributed by atoms with Gasteiger partial charge in [0.25, 0.3) is 0 Å². The van der Waals surface area contributed by atoms with E-state index < -0.39 is 0 Å². The maximum Gasteiger partial charge on any atom is 0.180 e. The highest BCUT2D eigenvalue weighted by Crippen LogP contribution is 2.31. The summed E-state index contributed by atoms with van der Waals surface area (Å²) in [6.45, 7) is 5.05. The van der Waals surface area contributed by atoms with E-state index in [1.54, 1.807) is 0 Å². The molecular weight excluding hydrogens is 338 g/mol. The van der Waals surface area contributed by atoms with Crippen molar-refractivity contribution in [2.24, 2.45) is 5.92 Å². The summed E-state index contributed by atoms with van der Waals surface area (Å²) in [5.74, 6) is 2.59. The quantitative estimate of drug-likeness (QED) is 0.705. The molecular formula is C22H25N3O2. The highest BCUT2D eigenvalue weighted by molar-refractivity contribution is 5.88. The van der Waals surface area contributed by atoms with Crippen molar-refractivity contribution < 1.29 is 9.26 Å². The Balaban J connectivity index is 1.20. The van der Waals surface area contributed by atoms with Crippen LogP contribution >= 0.6 is 0 Å². The van der Waals surface area contributed by atoms with Gasteiger partial charge in [-0.1, -0.05) is 35.5 Å². The van der Waals surface area contributed by atoms with E-state index >= 15 is 0 Å². The molecule has 0 N–H and O–H groups in total. The minimum absolute atomic E-state index is 0.599. The largest absolute Gasteiger partial charge is 0.493 e. The maximum absolute atomic E-state index is 5.99. The van der Waals surface area contributed by atoms with Crippen LogP contribution in [0.5, 0.6) is 5.75 Å². The lowest BCUT2D eigenvalue weighted by Crippen LogP contribution is -2.57. The predicted octanol–water partition coefficient (Wildman–Crippen LogP) is 3.81. The van der Waals surface area contributed by atoms with Crippen LogP contribution in [0.1, 0.15) is 12.8 Å². The van der Waals surface area contributed by atoms with Crippen LogP contribution in [-0.2, 0) is 0 Å². The summed E-state index contributed by atoms with van der Waals surface area (Å²) >= 11 is 0. The number of hydrogen-bond acceptors (Lipinski definition) is 5. The molecule has 2 aliphatic rings. The minimum atomic E-state index is 0.599. The van der Waals surface area contributed by atoms with Crippen LogP contribution < -0.4 is 9.64 Å². The molecule has 3 heterocycles. The summed E-state index contributed by atoms with van der Waals surface area (Å²) in [4.78, 5) is 5.04. The summed E-state index contributed by atoms with van der Waals surface area (Å²) in [6, 6.07) is 18.9. The third-order valence-corrected chi connectivity index (χ3v) is 5.89. The third kappa shape index (κ3) is 3.39. The third-order valence-electron chi connectivity index (χ3n) is 5.89. The number of nitrogens with zero attached hydrogens (tertiary/aromatic N) is 3. The van der Waals surface area contributed by atoms with E-state index in [2.05, 4.69) is 27.1 Å². The van der Waals surface area contributed by atoms with Gasteiger partial charge in [0, 0.05) is 38.1 Å². The van der Waals surface area contributed by atoms with E-state index in [0.29, 0.717) is 12.0 Å². The van der Waals surface area contributed by atoms with Gasteiger partial charge in [0.05, 0.1) is 12.0 Å². The van der Waals surface area contributed by atoms with Gasteiger partial charge in [0.2, 0.25) is 0 Å². The van der Waals surface area contributed by atoms with Crippen molar-refractivity contribution in [1.29, 1.82) is 0 Å². The average Bonchev–Trinajstić information content (AvgIpc) is 3.17. The molecule has 1 aromatic heterocycles. The second-order valence-corrected chi connectivity index (χ2v) is 7.66. The number of ether oxygens (including phenoxy) is 1. The van der Waals surface area contributed by atoms with Crippen molar-refractivity contribution in [3.63, 3.8) is 0 Å². The summed E-state index contributed by atoms with van der Waals surface area (Å²) in [5.41, 5.74) is 0.872. The zero-order valence-electron chi connectivity index (χ0n) is 15.5. The number of fused-ring (bicyclic) bond motifs is 2. The second kappa shape index (κ2) is 7.24. The van der Waals surface area contributed by atoms with E-state index in [4.69, 9.17) is 9.26 Å². The second-order valence-electron chi connectivity index (χ2n) is 7.66. The number of anilines is 1. The Morgan fingerprint density at radius 3 is 2.74 bits per heavy atom. The van der Waals surface area contributed by atoms with Crippen molar-refractivity contribution >= 4 is 16.8 Å². The molecule has 0 amide bonds. The molecule has 5 nitrogen and oxygen atoms in total. The van der Waals surface area contributed by atoms with Crippen LogP contribution in [0.15, 0.2) is 59.1 Å². The topological polar surface area (TPSA) is 41.7 Å².